The van der Waals surface area contributed by atoms with Crippen molar-refractivity contribution in [3.63, 3.8) is 0 Å². The summed E-state index contributed by atoms with van der Waals surface area (Å²) >= 11 is 0. The van der Waals surface area contributed by atoms with E-state index in [0.717, 1.165) is 37.6 Å². The number of hydrogen-bond donors (Lipinski definition) is 1. The van der Waals surface area contributed by atoms with E-state index in [1.807, 2.05) is 31.6 Å². The summed E-state index contributed by atoms with van der Waals surface area (Å²) in [7, 11) is 2.03. The summed E-state index contributed by atoms with van der Waals surface area (Å²) in [5, 5.41) is 3.61. The van der Waals surface area contributed by atoms with Crippen LogP contribution in [0.4, 0.5) is 0 Å². The van der Waals surface area contributed by atoms with Crippen molar-refractivity contribution in [3.05, 3.63) is 48.0 Å². The molecule has 2 heterocycles. The highest BCUT2D eigenvalue weighted by molar-refractivity contribution is 5.37. The second-order valence-electron chi connectivity index (χ2n) is 4.89. The molecule has 1 aliphatic heterocycles. The maximum Gasteiger partial charge on any atom is 0.124 e. The maximum absolute atomic E-state index is 5.67. The Hall–Kier alpha value is -1.81. The molecule has 100 valence electrons. The van der Waals surface area contributed by atoms with Gasteiger partial charge in [0.05, 0.1) is 6.61 Å². The van der Waals surface area contributed by atoms with Gasteiger partial charge in [-0.05, 0) is 6.07 Å². The van der Waals surface area contributed by atoms with E-state index in [4.69, 9.17) is 4.74 Å². The molecule has 0 spiro atoms. The van der Waals surface area contributed by atoms with Crippen LogP contribution >= 0.6 is 0 Å². The average molecular weight is 257 g/mol. The molecule has 0 bridgehead atoms. The molecule has 2 aromatic rings. The Balaban J connectivity index is 1.61. The fraction of sp³-hybridized carbons (Fsp3) is 0.400. The Morgan fingerprint density at radius 3 is 3.16 bits per heavy atom. The molecular weight excluding hydrogens is 238 g/mol. The molecule has 19 heavy (non-hydrogen) atoms. The second-order valence-corrected chi connectivity index (χ2v) is 4.89. The lowest BCUT2D eigenvalue weighted by atomic mass is 10.0. The van der Waals surface area contributed by atoms with Gasteiger partial charge >= 0.3 is 0 Å². The first-order valence-corrected chi connectivity index (χ1v) is 6.76. The number of fused-ring (bicyclic) bond motifs is 1. The molecular formula is C15H19N3O. The van der Waals surface area contributed by atoms with E-state index < -0.39 is 0 Å². The number of ether oxygens (including phenoxy) is 1. The van der Waals surface area contributed by atoms with Crippen molar-refractivity contribution in [2.24, 2.45) is 7.05 Å². The fourth-order valence-corrected chi connectivity index (χ4v) is 2.55. The molecule has 1 aromatic carbocycles. The van der Waals surface area contributed by atoms with E-state index in [0.29, 0.717) is 6.04 Å². The molecule has 0 radical (unpaired) electrons. The first-order valence-electron chi connectivity index (χ1n) is 6.76. The van der Waals surface area contributed by atoms with Crippen molar-refractivity contribution >= 4 is 0 Å². The Labute approximate surface area is 113 Å². The summed E-state index contributed by atoms with van der Waals surface area (Å²) < 4.78 is 7.74. The van der Waals surface area contributed by atoms with Crippen molar-refractivity contribution < 1.29 is 4.74 Å². The number of aromatic nitrogens is 2. The van der Waals surface area contributed by atoms with Crippen LogP contribution in [0, 0.1) is 0 Å². The van der Waals surface area contributed by atoms with Crippen LogP contribution in [0.2, 0.25) is 0 Å². The maximum atomic E-state index is 5.67. The SMILES string of the molecule is Cn1ccnc1CCNC1CCOc2ccccc21. The third-order valence-electron chi connectivity index (χ3n) is 3.62. The van der Waals surface area contributed by atoms with Crippen molar-refractivity contribution in [1.82, 2.24) is 14.9 Å². The standard InChI is InChI=1S/C15H19N3O/c1-18-10-9-17-15(18)6-8-16-13-7-11-19-14-5-3-2-4-12(13)14/h2-5,9-10,13,16H,6-8,11H2,1H3. The fourth-order valence-electron chi connectivity index (χ4n) is 2.55. The van der Waals surface area contributed by atoms with Crippen LogP contribution in [0.3, 0.4) is 0 Å². The summed E-state index contributed by atoms with van der Waals surface area (Å²) in [4.78, 5) is 4.34. The minimum Gasteiger partial charge on any atom is -0.493 e. The highest BCUT2D eigenvalue weighted by Crippen LogP contribution is 2.31. The van der Waals surface area contributed by atoms with Gasteiger partial charge in [0.1, 0.15) is 11.6 Å². The molecule has 0 saturated heterocycles. The zero-order valence-electron chi connectivity index (χ0n) is 11.2. The molecule has 1 unspecified atom stereocenters. The van der Waals surface area contributed by atoms with E-state index in [1.165, 1.54) is 5.56 Å². The smallest absolute Gasteiger partial charge is 0.124 e. The molecule has 1 aliphatic rings. The van der Waals surface area contributed by atoms with Crippen LogP contribution in [0.5, 0.6) is 5.75 Å². The van der Waals surface area contributed by atoms with Crippen molar-refractivity contribution in [2.75, 3.05) is 13.2 Å². The van der Waals surface area contributed by atoms with Crippen molar-refractivity contribution in [3.8, 4) is 5.75 Å². The number of nitrogens with zero attached hydrogens (tertiary/aromatic N) is 2. The number of rotatable bonds is 4. The monoisotopic (exact) mass is 257 g/mol. The minimum atomic E-state index is 0.394. The third kappa shape index (κ3) is 2.63. The predicted octanol–water partition coefficient (Wildman–Crippen LogP) is 2.08. The van der Waals surface area contributed by atoms with E-state index in [1.54, 1.807) is 0 Å². The minimum absolute atomic E-state index is 0.394. The summed E-state index contributed by atoms with van der Waals surface area (Å²) in [6.45, 7) is 1.72. The Bertz CT molecular complexity index is 550. The van der Waals surface area contributed by atoms with Gasteiger partial charge in [0.2, 0.25) is 0 Å². The van der Waals surface area contributed by atoms with Crippen molar-refractivity contribution in [1.29, 1.82) is 0 Å². The molecule has 0 saturated carbocycles. The largest absolute Gasteiger partial charge is 0.493 e. The Morgan fingerprint density at radius 2 is 2.32 bits per heavy atom. The lowest BCUT2D eigenvalue weighted by Crippen LogP contribution is -2.29. The van der Waals surface area contributed by atoms with Gasteiger partial charge < -0.3 is 14.6 Å². The molecule has 1 atom stereocenters. The number of para-hydroxylation sites is 1. The molecule has 0 amide bonds. The second kappa shape index (κ2) is 5.45. The zero-order chi connectivity index (χ0) is 13.1. The van der Waals surface area contributed by atoms with E-state index in [9.17, 15) is 0 Å². The van der Waals surface area contributed by atoms with Crippen LogP contribution < -0.4 is 10.1 Å². The van der Waals surface area contributed by atoms with Crippen LogP contribution in [-0.2, 0) is 13.5 Å². The van der Waals surface area contributed by atoms with E-state index in [2.05, 4.69) is 27.0 Å². The topological polar surface area (TPSA) is 39.1 Å². The van der Waals surface area contributed by atoms with Gasteiger partial charge in [0, 0.05) is 50.4 Å². The third-order valence-corrected chi connectivity index (χ3v) is 3.62. The summed E-state index contributed by atoms with van der Waals surface area (Å²) in [6, 6.07) is 8.68. The molecule has 4 heteroatoms. The highest BCUT2D eigenvalue weighted by Gasteiger charge is 2.20. The van der Waals surface area contributed by atoms with Gasteiger partial charge in [0.15, 0.2) is 0 Å². The number of aryl methyl sites for hydroxylation is 1. The molecule has 0 fully saturated rings. The Morgan fingerprint density at radius 1 is 1.42 bits per heavy atom. The van der Waals surface area contributed by atoms with Crippen LogP contribution in [0.25, 0.3) is 0 Å². The molecule has 0 aliphatic carbocycles. The van der Waals surface area contributed by atoms with Crippen LogP contribution in [0.15, 0.2) is 36.7 Å². The van der Waals surface area contributed by atoms with Gasteiger partial charge in [-0.15, -0.1) is 0 Å². The Kier molecular flexibility index (Phi) is 3.51. The highest BCUT2D eigenvalue weighted by atomic mass is 16.5. The number of hydrogen-bond acceptors (Lipinski definition) is 3. The number of nitrogens with one attached hydrogen (secondary N) is 1. The van der Waals surface area contributed by atoms with Crippen molar-refractivity contribution in [2.45, 2.75) is 18.9 Å². The molecule has 1 aromatic heterocycles. The average Bonchev–Trinajstić information content (AvgIpc) is 2.85. The number of imidazole rings is 1. The van der Waals surface area contributed by atoms with Crippen LogP contribution in [-0.4, -0.2) is 22.7 Å². The van der Waals surface area contributed by atoms with Gasteiger partial charge in [-0.3, -0.25) is 0 Å². The van der Waals surface area contributed by atoms with Gasteiger partial charge in [-0.2, -0.15) is 0 Å². The molecule has 3 rings (SSSR count). The van der Waals surface area contributed by atoms with Gasteiger partial charge in [0.25, 0.3) is 0 Å². The van der Waals surface area contributed by atoms with E-state index >= 15 is 0 Å². The lowest BCUT2D eigenvalue weighted by molar-refractivity contribution is 0.253. The molecule has 1 N–H and O–H groups in total. The summed E-state index contributed by atoms with van der Waals surface area (Å²) in [5.74, 6) is 2.14. The van der Waals surface area contributed by atoms with Gasteiger partial charge in [-0.1, -0.05) is 18.2 Å². The van der Waals surface area contributed by atoms with Crippen LogP contribution in [0.1, 0.15) is 23.9 Å². The lowest BCUT2D eigenvalue weighted by Gasteiger charge is -2.26. The first-order chi connectivity index (χ1) is 9.34. The molecule has 4 nitrogen and oxygen atoms in total. The predicted molar refractivity (Wildman–Crippen MR) is 74.2 cm³/mol. The zero-order valence-corrected chi connectivity index (χ0v) is 11.2. The first kappa shape index (κ1) is 12.2. The summed E-state index contributed by atoms with van der Waals surface area (Å²) in [5.41, 5.74) is 1.27. The normalized spacial score (nSPS) is 17.8. The van der Waals surface area contributed by atoms with E-state index in [-0.39, 0.29) is 0 Å². The number of benzene rings is 1. The summed E-state index contributed by atoms with van der Waals surface area (Å²) in [6.07, 6.45) is 5.80. The quantitative estimate of drug-likeness (QED) is 0.911. The van der Waals surface area contributed by atoms with Gasteiger partial charge in [-0.25, -0.2) is 4.98 Å².